The third-order valence-corrected chi connectivity index (χ3v) is 4.32. The molecule has 3 rings (SSSR count). The summed E-state index contributed by atoms with van der Waals surface area (Å²) in [6, 6.07) is 11.7. The zero-order valence-electron chi connectivity index (χ0n) is 14.4. The van der Waals surface area contributed by atoms with E-state index in [1.54, 1.807) is 6.08 Å². The number of nitrogens with one attached hydrogen (secondary N) is 1. The predicted octanol–water partition coefficient (Wildman–Crippen LogP) is 2.47. The summed E-state index contributed by atoms with van der Waals surface area (Å²) in [5.74, 6) is -0.245. The molecule has 0 radical (unpaired) electrons. The van der Waals surface area contributed by atoms with Crippen LogP contribution in [-0.2, 0) is 14.3 Å². The molecule has 1 aliphatic heterocycles. The minimum Gasteiger partial charge on any atom is -0.493 e. The number of amides is 1. The van der Waals surface area contributed by atoms with E-state index < -0.39 is 5.97 Å². The zero-order chi connectivity index (χ0) is 18.7. The van der Waals surface area contributed by atoms with E-state index in [-0.39, 0.29) is 23.3 Å². The van der Waals surface area contributed by atoms with E-state index in [9.17, 15) is 9.59 Å². The lowest BCUT2D eigenvalue weighted by molar-refractivity contribution is -0.143. The zero-order valence-corrected chi connectivity index (χ0v) is 15.3. The molecule has 1 heterocycles. The van der Waals surface area contributed by atoms with Crippen LogP contribution in [0.4, 0.5) is 0 Å². The maximum atomic E-state index is 12.6. The molecule has 7 heteroatoms. The molecule has 0 bridgehead atoms. The molecule has 2 aromatic carbocycles. The van der Waals surface area contributed by atoms with Gasteiger partial charge in [-0.15, -0.1) is 0 Å². The third-order valence-electron chi connectivity index (χ3n) is 4.00. The lowest BCUT2D eigenvalue weighted by Crippen LogP contribution is -2.35. The van der Waals surface area contributed by atoms with E-state index in [2.05, 4.69) is 10.1 Å². The van der Waals surface area contributed by atoms with Crippen LogP contribution in [-0.4, -0.2) is 42.2 Å². The predicted molar refractivity (Wildman–Crippen MR) is 103 cm³/mol. The number of benzene rings is 2. The van der Waals surface area contributed by atoms with Crippen LogP contribution in [0.15, 0.2) is 42.1 Å². The Labute approximate surface area is 156 Å². The smallest absolute Gasteiger partial charge is 0.325 e. The molecule has 1 amide bonds. The number of ether oxygens (including phenoxy) is 2. The van der Waals surface area contributed by atoms with Crippen molar-refractivity contribution in [3.05, 3.63) is 47.7 Å². The summed E-state index contributed by atoms with van der Waals surface area (Å²) in [7, 11) is 1.26. The van der Waals surface area contributed by atoms with Crippen LogP contribution in [0.5, 0.6) is 5.75 Å². The number of methoxy groups -OCH3 is 1. The molecule has 0 aliphatic carbocycles. The van der Waals surface area contributed by atoms with Gasteiger partial charge in [-0.1, -0.05) is 30.3 Å². The highest BCUT2D eigenvalue weighted by atomic mass is 32.1. The quantitative estimate of drug-likeness (QED) is 0.495. The summed E-state index contributed by atoms with van der Waals surface area (Å²) in [6.07, 6.45) is 1.71. The van der Waals surface area contributed by atoms with Crippen LogP contribution in [0.3, 0.4) is 0 Å². The lowest BCUT2D eigenvalue weighted by atomic mass is 10.0. The number of hydrogen-bond donors (Lipinski definition) is 1. The number of hydrogen-bond acceptors (Lipinski definition) is 5. The van der Waals surface area contributed by atoms with Crippen molar-refractivity contribution < 1.29 is 19.1 Å². The SMILES string of the molecule is CCOc1ccc2ccccc2c1/C=C1\NC(=S)N(CC(=O)OC)C1=O. The van der Waals surface area contributed by atoms with Crippen LogP contribution in [0.25, 0.3) is 16.8 Å². The molecule has 0 unspecified atom stereocenters. The normalized spacial score (nSPS) is 15.5. The summed E-state index contributed by atoms with van der Waals surface area (Å²) in [4.78, 5) is 25.3. The second-order valence-corrected chi connectivity index (χ2v) is 5.97. The van der Waals surface area contributed by atoms with E-state index in [4.69, 9.17) is 17.0 Å². The van der Waals surface area contributed by atoms with E-state index in [0.717, 1.165) is 16.3 Å². The molecule has 2 aromatic rings. The molecule has 1 aliphatic rings. The average molecular weight is 370 g/mol. The van der Waals surface area contributed by atoms with Gasteiger partial charge in [-0.05, 0) is 42.1 Å². The number of nitrogens with zero attached hydrogens (tertiary/aromatic N) is 1. The number of esters is 1. The van der Waals surface area contributed by atoms with E-state index in [1.807, 2.05) is 43.3 Å². The Bertz CT molecular complexity index is 923. The maximum absolute atomic E-state index is 12.6. The van der Waals surface area contributed by atoms with Gasteiger partial charge in [-0.25, -0.2) is 0 Å². The van der Waals surface area contributed by atoms with Gasteiger partial charge in [-0.2, -0.15) is 0 Å². The fourth-order valence-corrected chi connectivity index (χ4v) is 3.02. The van der Waals surface area contributed by atoms with Gasteiger partial charge in [0.1, 0.15) is 18.0 Å². The number of carbonyl (C=O) groups is 2. The van der Waals surface area contributed by atoms with Crippen molar-refractivity contribution in [2.24, 2.45) is 0 Å². The maximum Gasteiger partial charge on any atom is 0.325 e. The van der Waals surface area contributed by atoms with Crippen LogP contribution in [0.2, 0.25) is 0 Å². The van der Waals surface area contributed by atoms with Gasteiger partial charge in [0.15, 0.2) is 5.11 Å². The highest BCUT2D eigenvalue weighted by molar-refractivity contribution is 7.80. The van der Waals surface area contributed by atoms with Crippen molar-refractivity contribution in [1.29, 1.82) is 0 Å². The van der Waals surface area contributed by atoms with Crippen molar-refractivity contribution in [2.45, 2.75) is 6.92 Å². The Hall–Kier alpha value is -2.93. The number of carbonyl (C=O) groups excluding carboxylic acids is 2. The van der Waals surface area contributed by atoms with Gasteiger partial charge in [0.05, 0.1) is 13.7 Å². The largest absolute Gasteiger partial charge is 0.493 e. The monoisotopic (exact) mass is 370 g/mol. The number of thiocarbonyl (C=S) groups is 1. The minimum atomic E-state index is -0.538. The highest BCUT2D eigenvalue weighted by Gasteiger charge is 2.32. The van der Waals surface area contributed by atoms with Crippen LogP contribution in [0.1, 0.15) is 12.5 Å². The first-order valence-electron chi connectivity index (χ1n) is 8.11. The molecule has 1 saturated heterocycles. The van der Waals surface area contributed by atoms with Crippen LogP contribution >= 0.6 is 12.2 Å². The summed E-state index contributed by atoms with van der Waals surface area (Å²) in [6.45, 7) is 2.17. The van der Waals surface area contributed by atoms with Gasteiger partial charge in [0.25, 0.3) is 5.91 Å². The molecule has 134 valence electrons. The van der Waals surface area contributed by atoms with Gasteiger partial charge < -0.3 is 14.8 Å². The molecule has 0 aromatic heterocycles. The second kappa shape index (κ2) is 7.53. The molecule has 1 N–H and O–H groups in total. The van der Waals surface area contributed by atoms with Gasteiger partial charge >= 0.3 is 5.97 Å². The molecular weight excluding hydrogens is 352 g/mol. The topological polar surface area (TPSA) is 67.9 Å². The molecule has 0 spiro atoms. The standard InChI is InChI=1S/C19H18N2O4S/c1-3-25-16-9-8-12-6-4-5-7-13(12)14(16)10-15-18(23)21(19(26)20-15)11-17(22)24-2/h4-10H,3,11H2,1-2H3,(H,20,26)/b15-10-. The minimum absolute atomic E-state index is 0.171. The Morgan fingerprint density at radius 1 is 1.27 bits per heavy atom. The first kappa shape index (κ1) is 17.9. The van der Waals surface area contributed by atoms with E-state index in [0.29, 0.717) is 12.4 Å². The summed E-state index contributed by atoms with van der Waals surface area (Å²) < 4.78 is 10.3. The summed E-state index contributed by atoms with van der Waals surface area (Å²) in [5.41, 5.74) is 1.07. The first-order chi connectivity index (χ1) is 12.5. The van der Waals surface area contributed by atoms with Crippen LogP contribution < -0.4 is 10.1 Å². The number of fused-ring (bicyclic) bond motifs is 1. The first-order valence-corrected chi connectivity index (χ1v) is 8.52. The van der Waals surface area contributed by atoms with Crippen molar-refractivity contribution >= 4 is 46.1 Å². The molecule has 0 atom stereocenters. The fraction of sp³-hybridized carbons (Fsp3) is 0.211. The molecule has 6 nitrogen and oxygen atoms in total. The van der Waals surface area contributed by atoms with E-state index in [1.165, 1.54) is 12.0 Å². The Morgan fingerprint density at radius 2 is 2.04 bits per heavy atom. The van der Waals surface area contributed by atoms with Crippen LogP contribution in [0, 0.1) is 0 Å². The molecular formula is C19H18N2O4S. The summed E-state index contributed by atoms with van der Waals surface area (Å²) in [5, 5.41) is 5.03. The highest BCUT2D eigenvalue weighted by Crippen LogP contribution is 2.31. The molecule has 0 saturated carbocycles. The fourth-order valence-electron chi connectivity index (χ4n) is 2.76. The Balaban J connectivity index is 2.04. The van der Waals surface area contributed by atoms with Gasteiger partial charge in [-0.3, -0.25) is 14.5 Å². The Kier molecular flexibility index (Phi) is 5.18. The van der Waals surface area contributed by atoms with Gasteiger partial charge in [0, 0.05) is 5.56 Å². The Morgan fingerprint density at radius 3 is 2.77 bits per heavy atom. The van der Waals surface area contributed by atoms with Gasteiger partial charge in [0.2, 0.25) is 0 Å². The molecule has 1 fully saturated rings. The number of rotatable bonds is 5. The summed E-state index contributed by atoms with van der Waals surface area (Å²) >= 11 is 5.17. The van der Waals surface area contributed by atoms with Crippen molar-refractivity contribution in [3.8, 4) is 5.75 Å². The lowest BCUT2D eigenvalue weighted by Gasteiger charge is -2.12. The second-order valence-electron chi connectivity index (χ2n) is 5.59. The molecule has 26 heavy (non-hydrogen) atoms. The third kappa shape index (κ3) is 3.39. The van der Waals surface area contributed by atoms with Crippen molar-refractivity contribution in [2.75, 3.05) is 20.3 Å². The van der Waals surface area contributed by atoms with Crippen molar-refractivity contribution in [3.63, 3.8) is 0 Å². The average Bonchev–Trinajstić information content (AvgIpc) is 2.91. The van der Waals surface area contributed by atoms with Crippen molar-refractivity contribution in [1.82, 2.24) is 10.2 Å². The van der Waals surface area contributed by atoms with E-state index >= 15 is 0 Å².